The zero-order chi connectivity index (χ0) is 7.56. The van der Waals surface area contributed by atoms with E-state index in [1.807, 2.05) is 13.1 Å². The molecule has 0 fully saturated rings. The fourth-order valence-corrected chi connectivity index (χ4v) is 0.701. The highest BCUT2D eigenvalue weighted by molar-refractivity contribution is 5.03. The Balaban J connectivity index is 0.000001000. The van der Waals surface area contributed by atoms with Crippen LogP contribution < -0.4 is 0 Å². The second kappa shape index (κ2) is 4.06. The number of aryl methyl sites for hydroxylation is 1. The molecule has 1 aromatic heterocycles. The third kappa shape index (κ3) is 2.66. The highest BCUT2D eigenvalue weighted by Gasteiger charge is 1.98. The molecule has 2 nitrogen and oxygen atoms in total. The van der Waals surface area contributed by atoms with Crippen LogP contribution in [-0.4, -0.2) is 9.97 Å². The van der Waals surface area contributed by atoms with Crippen LogP contribution in [0.5, 0.6) is 0 Å². The topological polar surface area (TPSA) is 25.8 Å². The second-order valence-corrected chi connectivity index (χ2v) is 2.74. The first kappa shape index (κ1) is 10.1. The van der Waals surface area contributed by atoms with E-state index in [0.29, 0.717) is 5.92 Å². The number of nitrogens with zero attached hydrogens (tertiary/aromatic N) is 2. The molecule has 0 aliphatic rings. The summed E-state index contributed by atoms with van der Waals surface area (Å²) >= 11 is 0. The summed E-state index contributed by atoms with van der Waals surface area (Å²) in [6.45, 7) is 6.16. The Morgan fingerprint density at radius 2 is 1.82 bits per heavy atom. The maximum atomic E-state index is 4.22. The van der Waals surface area contributed by atoms with E-state index in [-0.39, 0.29) is 7.43 Å². The van der Waals surface area contributed by atoms with Gasteiger partial charge in [0.2, 0.25) is 0 Å². The van der Waals surface area contributed by atoms with Crippen LogP contribution in [0.2, 0.25) is 0 Å². The monoisotopic (exact) mass is 152 g/mol. The van der Waals surface area contributed by atoms with Crippen LogP contribution in [0.15, 0.2) is 12.4 Å². The smallest absolute Gasteiger partial charge is 0.0612 e. The largest absolute Gasteiger partial charge is 0.258 e. The van der Waals surface area contributed by atoms with Crippen molar-refractivity contribution >= 4 is 0 Å². The Hall–Kier alpha value is -0.920. The Labute approximate surface area is 68.7 Å². The van der Waals surface area contributed by atoms with Crippen molar-refractivity contribution in [3.8, 4) is 0 Å². The normalized spacial score (nSPS) is 9.45. The molecule has 0 radical (unpaired) electrons. The van der Waals surface area contributed by atoms with Gasteiger partial charge in [0.1, 0.15) is 0 Å². The summed E-state index contributed by atoms with van der Waals surface area (Å²) in [6.07, 6.45) is 3.63. The lowest BCUT2D eigenvalue weighted by Crippen LogP contribution is -1.93. The summed E-state index contributed by atoms with van der Waals surface area (Å²) in [5, 5.41) is 0. The molecule has 0 unspecified atom stereocenters. The molecule has 11 heavy (non-hydrogen) atoms. The van der Waals surface area contributed by atoms with Gasteiger partial charge in [-0.05, 0) is 12.8 Å². The highest BCUT2D eigenvalue weighted by Crippen LogP contribution is 2.08. The Morgan fingerprint density at radius 1 is 1.18 bits per heavy atom. The van der Waals surface area contributed by atoms with Gasteiger partial charge in [0.25, 0.3) is 0 Å². The summed E-state index contributed by atoms with van der Waals surface area (Å²) in [7, 11) is 0. The SMILES string of the molecule is C.Cc1cnc(C(C)C)cn1. The number of hydrogen-bond donors (Lipinski definition) is 0. The maximum Gasteiger partial charge on any atom is 0.0612 e. The molecule has 1 rings (SSSR count). The minimum absolute atomic E-state index is 0. The standard InChI is InChI=1S/C8H12N2.CH4/c1-6(2)8-5-9-7(3)4-10-8;/h4-6H,1-3H3;1H4. The molecule has 0 N–H and O–H groups in total. The predicted octanol–water partition coefficient (Wildman–Crippen LogP) is 2.54. The van der Waals surface area contributed by atoms with Crippen molar-refractivity contribution in [1.29, 1.82) is 0 Å². The van der Waals surface area contributed by atoms with Gasteiger partial charge >= 0.3 is 0 Å². The molecule has 0 saturated heterocycles. The van der Waals surface area contributed by atoms with Gasteiger partial charge in [0.15, 0.2) is 0 Å². The van der Waals surface area contributed by atoms with Crippen LogP contribution in [0.3, 0.4) is 0 Å². The number of aromatic nitrogens is 2. The Morgan fingerprint density at radius 3 is 2.18 bits per heavy atom. The third-order valence-corrected chi connectivity index (χ3v) is 1.39. The Bertz CT molecular complexity index is 201. The lowest BCUT2D eigenvalue weighted by Gasteiger charge is -2.01. The molecule has 0 saturated carbocycles. The van der Waals surface area contributed by atoms with Gasteiger partial charge < -0.3 is 0 Å². The van der Waals surface area contributed by atoms with E-state index in [9.17, 15) is 0 Å². The molecule has 1 heterocycles. The minimum atomic E-state index is 0. The molecule has 2 heteroatoms. The van der Waals surface area contributed by atoms with Crippen molar-refractivity contribution in [2.75, 3.05) is 0 Å². The van der Waals surface area contributed by atoms with Gasteiger partial charge in [-0.2, -0.15) is 0 Å². The predicted molar refractivity (Wildman–Crippen MR) is 47.6 cm³/mol. The summed E-state index contributed by atoms with van der Waals surface area (Å²) in [5.74, 6) is 0.480. The Kier molecular flexibility index (Phi) is 3.72. The van der Waals surface area contributed by atoms with Gasteiger partial charge in [0.05, 0.1) is 11.4 Å². The minimum Gasteiger partial charge on any atom is -0.258 e. The number of hydrogen-bond acceptors (Lipinski definition) is 2. The van der Waals surface area contributed by atoms with Crippen LogP contribution in [0.1, 0.15) is 38.6 Å². The fraction of sp³-hybridized carbons (Fsp3) is 0.556. The maximum absolute atomic E-state index is 4.22. The van der Waals surface area contributed by atoms with Crippen molar-refractivity contribution < 1.29 is 0 Å². The van der Waals surface area contributed by atoms with Gasteiger partial charge in [-0.25, -0.2) is 0 Å². The molecule has 0 bridgehead atoms. The summed E-state index contributed by atoms with van der Waals surface area (Å²) in [4.78, 5) is 8.35. The first-order chi connectivity index (χ1) is 4.70. The molecule has 1 aromatic rings. The van der Waals surface area contributed by atoms with Gasteiger partial charge in [-0.3, -0.25) is 9.97 Å². The van der Waals surface area contributed by atoms with Crippen LogP contribution in [0, 0.1) is 6.92 Å². The van der Waals surface area contributed by atoms with E-state index >= 15 is 0 Å². The van der Waals surface area contributed by atoms with Crippen LogP contribution >= 0.6 is 0 Å². The summed E-state index contributed by atoms with van der Waals surface area (Å²) in [6, 6.07) is 0. The van der Waals surface area contributed by atoms with E-state index in [4.69, 9.17) is 0 Å². The van der Waals surface area contributed by atoms with E-state index < -0.39 is 0 Å². The second-order valence-electron chi connectivity index (χ2n) is 2.74. The van der Waals surface area contributed by atoms with E-state index in [0.717, 1.165) is 11.4 Å². The highest BCUT2D eigenvalue weighted by atomic mass is 14.8. The molecule has 0 amide bonds. The van der Waals surface area contributed by atoms with Crippen molar-refractivity contribution in [3.05, 3.63) is 23.8 Å². The fourth-order valence-electron chi connectivity index (χ4n) is 0.701. The number of rotatable bonds is 1. The van der Waals surface area contributed by atoms with E-state index in [2.05, 4.69) is 23.8 Å². The van der Waals surface area contributed by atoms with E-state index in [1.165, 1.54) is 0 Å². The van der Waals surface area contributed by atoms with Gasteiger partial charge in [-0.15, -0.1) is 0 Å². The van der Waals surface area contributed by atoms with Crippen LogP contribution in [0.4, 0.5) is 0 Å². The lowest BCUT2D eigenvalue weighted by molar-refractivity contribution is 0.807. The quantitative estimate of drug-likeness (QED) is 0.618. The van der Waals surface area contributed by atoms with Gasteiger partial charge in [-0.1, -0.05) is 21.3 Å². The van der Waals surface area contributed by atoms with Crippen molar-refractivity contribution in [3.63, 3.8) is 0 Å². The van der Waals surface area contributed by atoms with Crippen LogP contribution in [-0.2, 0) is 0 Å². The molecule has 0 aliphatic heterocycles. The van der Waals surface area contributed by atoms with Crippen molar-refractivity contribution in [2.24, 2.45) is 0 Å². The first-order valence-corrected chi connectivity index (χ1v) is 3.48. The molecular formula is C9H16N2. The molecule has 62 valence electrons. The zero-order valence-electron chi connectivity index (χ0n) is 6.63. The van der Waals surface area contributed by atoms with E-state index in [1.54, 1.807) is 6.20 Å². The van der Waals surface area contributed by atoms with Crippen molar-refractivity contribution in [1.82, 2.24) is 9.97 Å². The van der Waals surface area contributed by atoms with Gasteiger partial charge in [0, 0.05) is 12.4 Å². The molecule has 0 aromatic carbocycles. The average molecular weight is 152 g/mol. The molecule has 0 spiro atoms. The summed E-state index contributed by atoms with van der Waals surface area (Å²) < 4.78 is 0. The summed E-state index contributed by atoms with van der Waals surface area (Å²) in [5.41, 5.74) is 2.04. The molecule has 0 atom stereocenters. The van der Waals surface area contributed by atoms with Crippen LogP contribution in [0.25, 0.3) is 0 Å². The zero-order valence-corrected chi connectivity index (χ0v) is 6.63. The molecule has 0 aliphatic carbocycles. The van der Waals surface area contributed by atoms with Crippen molar-refractivity contribution in [2.45, 2.75) is 34.1 Å². The average Bonchev–Trinajstić information content (AvgIpc) is 1.88. The third-order valence-electron chi connectivity index (χ3n) is 1.39. The molecular weight excluding hydrogens is 136 g/mol. The lowest BCUT2D eigenvalue weighted by atomic mass is 10.1. The first-order valence-electron chi connectivity index (χ1n) is 3.48.